The molecule has 0 fully saturated rings. The minimum atomic E-state index is -0.510. The molecule has 1 N–H and O–H groups in total. The number of nitrogens with one attached hydrogen (secondary N) is 1. The van der Waals surface area contributed by atoms with Crippen molar-refractivity contribution < 1.29 is 9.53 Å². The van der Waals surface area contributed by atoms with Crippen LogP contribution >= 0.6 is 0 Å². The van der Waals surface area contributed by atoms with Gasteiger partial charge in [-0.1, -0.05) is 24.3 Å². The van der Waals surface area contributed by atoms with Crippen LogP contribution in [-0.4, -0.2) is 43.4 Å². The molecule has 0 saturated carbocycles. The Morgan fingerprint density at radius 3 is 2.55 bits per heavy atom. The minimum Gasteiger partial charge on any atom is -0.444 e. The molecule has 29 heavy (non-hydrogen) atoms. The molecule has 1 amide bonds. The molecular formula is C21H26N6O2. The lowest BCUT2D eigenvalue weighted by Gasteiger charge is -2.24. The van der Waals surface area contributed by atoms with Gasteiger partial charge in [-0.3, -0.25) is 4.68 Å². The summed E-state index contributed by atoms with van der Waals surface area (Å²) in [6.45, 7) is 6.03. The summed E-state index contributed by atoms with van der Waals surface area (Å²) >= 11 is 0. The van der Waals surface area contributed by atoms with Crippen LogP contribution in [-0.2, 0) is 18.3 Å². The van der Waals surface area contributed by atoms with Gasteiger partial charge < -0.3 is 15.0 Å². The monoisotopic (exact) mass is 394 g/mol. The average Bonchev–Trinajstić information content (AvgIpc) is 3.06. The first kappa shape index (κ1) is 20.3. The van der Waals surface area contributed by atoms with E-state index in [-0.39, 0.29) is 6.09 Å². The van der Waals surface area contributed by atoms with Crippen molar-refractivity contribution in [1.82, 2.24) is 24.6 Å². The molecule has 0 aliphatic carbocycles. The van der Waals surface area contributed by atoms with Crippen molar-refractivity contribution in [3.63, 3.8) is 0 Å². The van der Waals surface area contributed by atoms with Crippen LogP contribution in [0.1, 0.15) is 26.3 Å². The van der Waals surface area contributed by atoms with Gasteiger partial charge in [-0.2, -0.15) is 5.10 Å². The zero-order chi connectivity index (χ0) is 21.0. The summed E-state index contributed by atoms with van der Waals surface area (Å²) in [5.74, 6) is 0.504. The lowest BCUT2D eigenvalue weighted by Crippen LogP contribution is -2.33. The predicted molar refractivity (Wildman–Crippen MR) is 112 cm³/mol. The maximum atomic E-state index is 12.1. The van der Waals surface area contributed by atoms with Gasteiger partial charge in [0.15, 0.2) is 0 Å². The number of carbonyl (C=O) groups excluding carboxylic acids is 1. The molecule has 0 spiro atoms. The molecule has 8 nitrogen and oxygen atoms in total. The fourth-order valence-corrected chi connectivity index (χ4v) is 2.65. The maximum absolute atomic E-state index is 12.1. The standard InChI is InChI=1S/C21H26N6O2/c1-21(2,3)29-20(28)26(4)13-15-6-8-16(9-7-15)18-10-11-22-19(25-18)24-17-12-23-27(5)14-17/h6-12,14H,13H2,1-5H3,(H,22,24,25). The molecule has 0 aliphatic heterocycles. The number of rotatable bonds is 5. The van der Waals surface area contributed by atoms with Gasteiger partial charge in [-0.15, -0.1) is 0 Å². The number of nitrogens with zero attached hydrogens (tertiary/aromatic N) is 5. The summed E-state index contributed by atoms with van der Waals surface area (Å²) in [6, 6.07) is 9.78. The molecule has 1 aromatic carbocycles. The van der Waals surface area contributed by atoms with E-state index in [0.29, 0.717) is 12.5 Å². The van der Waals surface area contributed by atoms with Gasteiger partial charge in [0.05, 0.1) is 17.6 Å². The number of aromatic nitrogens is 4. The van der Waals surface area contributed by atoms with E-state index in [2.05, 4.69) is 20.4 Å². The zero-order valence-electron chi connectivity index (χ0n) is 17.4. The third-order valence-electron chi connectivity index (χ3n) is 3.99. The van der Waals surface area contributed by atoms with Crippen LogP contribution in [0.3, 0.4) is 0 Å². The van der Waals surface area contributed by atoms with Gasteiger partial charge in [0.25, 0.3) is 0 Å². The van der Waals surface area contributed by atoms with Crippen molar-refractivity contribution in [2.45, 2.75) is 32.9 Å². The second-order valence-corrected chi connectivity index (χ2v) is 7.83. The van der Waals surface area contributed by atoms with E-state index >= 15 is 0 Å². The molecular weight excluding hydrogens is 368 g/mol. The van der Waals surface area contributed by atoms with E-state index in [0.717, 1.165) is 22.5 Å². The Morgan fingerprint density at radius 1 is 1.21 bits per heavy atom. The molecule has 0 unspecified atom stereocenters. The van der Waals surface area contributed by atoms with E-state index in [1.165, 1.54) is 0 Å². The summed E-state index contributed by atoms with van der Waals surface area (Å²) < 4.78 is 7.09. The molecule has 3 aromatic rings. The van der Waals surface area contributed by atoms with Crippen LogP contribution in [0.2, 0.25) is 0 Å². The molecule has 3 rings (SSSR count). The highest BCUT2D eigenvalue weighted by Gasteiger charge is 2.19. The Kier molecular flexibility index (Phi) is 5.81. The molecule has 2 heterocycles. The number of aryl methyl sites for hydroxylation is 1. The Morgan fingerprint density at radius 2 is 1.93 bits per heavy atom. The van der Waals surface area contributed by atoms with E-state index in [1.54, 1.807) is 29.0 Å². The zero-order valence-corrected chi connectivity index (χ0v) is 17.4. The van der Waals surface area contributed by atoms with Crippen LogP contribution in [0.5, 0.6) is 0 Å². The quantitative estimate of drug-likeness (QED) is 0.704. The highest BCUT2D eigenvalue weighted by Crippen LogP contribution is 2.20. The topological polar surface area (TPSA) is 85.2 Å². The third kappa shape index (κ3) is 5.78. The lowest BCUT2D eigenvalue weighted by molar-refractivity contribution is 0.0285. The maximum Gasteiger partial charge on any atom is 0.410 e. The second-order valence-electron chi connectivity index (χ2n) is 7.83. The van der Waals surface area contributed by atoms with Crippen LogP contribution in [0, 0.1) is 0 Å². The number of hydrogen-bond acceptors (Lipinski definition) is 6. The van der Waals surface area contributed by atoms with Crippen LogP contribution in [0.25, 0.3) is 11.3 Å². The fraction of sp³-hybridized carbons (Fsp3) is 0.333. The number of hydrogen-bond donors (Lipinski definition) is 1. The van der Waals surface area contributed by atoms with Crippen molar-refractivity contribution in [2.24, 2.45) is 7.05 Å². The summed E-state index contributed by atoms with van der Waals surface area (Å²) in [6.07, 6.45) is 4.94. The van der Waals surface area contributed by atoms with Crippen molar-refractivity contribution in [2.75, 3.05) is 12.4 Å². The number of ether oxygens (including phenoxy) is 1. The van der Waals surface area contributed by atoms with Gasteiger partial charge in [0, 0.05) is 38.6 Å². The van der Waals surface area contributed by atoms with Crippen LogP contribution in [0.15, 0.2) is 48.9 Å². The summed E-state index contributed by atoms with van der Waals surface area (Å²) in [4.78, 5) is 22.5. The van der Waals surface area contributed by atoms with E-state index < -0.39 is 5.60 Å². The first-order valence-corrected chi connectivity index (χ1v) is 9.32. The molecule has 0 saturated heterocycles. The second kappa shape index (κ2) is 8.30. The predicted octanol–water partition coefficient (Wildman–Crippen LogP) is 3.99. The van der Waals surface area contributed by atoms with Crippen molar-refractivity contribution >= 4 is 17.7 Å². The summed E-state index contributed by atoms with van der Waals surface area (Å²) in [5, 5.41) is 7.26. The molecule has 8 heteroatoms. The van der Waals surface area contributed by atoms with E-state index in [1.807, 2.05) is 64.3 Å². The van der Waals surface area contributed by atoms with Gasteiger partial charge in [-0.05, 0) is 32.4 Å². The molecule has 0 radical (unpaired) electrons. The first-order valence-electron chi connectivity index (χ1n) is 9.32. The van der Waals surface area contributed by atoms with E-state index in [9.17, 15) is 4.79 Å². The smallest absolute Gasteiger partial charge is 0.410 e. The highest BCUT2D eigenvalue weighted by atomic mass is 16.6. The molecule has 0 aliphatic rings. The molecule has 0 bridgehead atoms. The molecule has 2 aromatic heterocycles. The average molecular weight is 394 g/mol. The lowest BCUT2D eigenvalue weighted by atomic mass is 10.1. The highest BCUT2D eigenvalue weighted by molar-refractivity contribution is 5.68. The Labute approximate surface area is 170 Å². The number of benzene rings is 1. The Hall–Kier alpha value is -3.42. The number of carbonyl (C=O) groups is 1. The number of amides is 1. The van der Waals surface area contributed by atoms with Crippen molar-refractivity contribution in [1.29, 1.82) is 0 Å². The SMILES string of the molecule is CN(Cc1ccc(-c2ccnc(Nc3cnn(C)c3)n2)cc1)C(=O)OC(C)(C)C. The fourth-order valence-electron chi connectivity index (χ4n) is 2.65. The van der Waals surface area contributed by atoms with Gasteiger partial charge >= 0.3 is 6.09 Å². The van der Waals surface area contributed by atoms with Crippen molar-refractivity contribution in [3.8, 4) is 11.3 Å². The molecule has 0 atom stereocenters. The van der Waals surface area contributed by atoms with Crippen LogP contribution in [0.4, 0.5) is 16.4 Å². The first-order chi connectivity index (χ1) is 13.7. The number of anilines is 2. The van der Waals surface area contributed by atoms with Gasteiger partial charge in [0.1, 0.15) is 5.60 Å². The molecule has 152 valence electrons. The third-order valence-corrected chi connectivity index (χ3v) is 3.99. The van der Waals surface area contributed by atoms with Gasteiger partial charge in [-0.25, -0.2) is 14.8 Å². The van der Waals surface area contributed by atoms with Crippen molar-refractivity contribution in [3.05, 3.63) is 54.5 Å². The largest absolute Gasteiger partial charge is 0.444 e. The normalized spacial score (nSPS) is 11.2. The Balaban J connectivity index is 1.67. The Bertz CT molecular complexity index is 975. The summed E-state index contributed by atoms with van der Waals surface area (Å²) in [5.41, 5.74) is 3.09. The minimum absolute atomic E-state index is 0.344. The van der Waals surface area contributed by atoms with Gasteiger partial charge in [0.2, 0.25) is 5.95 Å². The van der Waals surface area contributed by atoms with Crippen LogP contribution < -0.4 is 5.32 Å². The summed E-state index contributed by atoms with van der Waals surface area (Å²) in [7, 11) is 3.58. The van der Waals surface area contributed by atoms with E-state index in [4.69, 9.17) is 4.74 Å².